The van der Waals surface area contributed by atoms with Crippen molar-refractivity contribution in [3.05, 3.63) is 12.2 Å². The number of carbonyl (C=O) groups excluding carboxylic acids is 1. The summed E-state index contributed by atoms with van der Waals surface area (Å²) in [6.07, 6.45) is 61.3. The first-order chi connectivity index (χ1) is 32.5. The molecule has 9 heteroatoms. The average Bonchev–Trinajstić information content (AvgIpc) is 3.29. The van der Waals surface area contributed by atoms with E-state index in [1.807, 2.05) is 21.1 Å². The van der Waals surface area contributed by atoms with Gasteiger partial charge < -0.3 is 19.8 Å². The Morgan fingerprint density at radius 2 is 0.806 bits per heavy atom. The molecule has 0 saturated heterocycles. The standard InChI is InChI=1S/C58H117N2O6P/c1-6-8-10-12-14-16-18-20-22-24-25-26-27-28-29-30-31-32-33-34-36-38-40-42-44-46-48-50-52-58(62)59-56(55-66-67(63,64)65-54-53-60(3,4)5)57(61)51-49-47-45-43-41-39-37-35-23-21-19-17-15-13-11-9-7-2/h28-29,56-57,61H,6-27,30-55H2,1-5H3,(H-,59,62,63,64)/p+1/b29-28-. The molecule has 400 valence electrons. The lowest BCUT2D eigenvalue weighted by Gasteiger charge is -2.26. The van der Waals surface area contributed by atoms with Gasteiger partial charge in [0.05, 0.1) is 39.9 Å². The van der Waals surface area contributed by atoms with E-state index >= 15 is 0 Å². The largest absolute Gasteiger partial charge is 0.472 e. The lowest BCUT2D eigenvalue weighted by Crippen LogP contribution is -2.46. The van der Waals surface area contributed by atoms with Crippen LogP contribution in [0.25, 0.3) is 0 Å². The van der Waals surface area contributed by atoms with Crippen molar-refractivity contribution in [1.29, 1.82) is 0 Å². The van der Waals surface area contributed by atoms with E-state index in [0.29, 0.717) is 23.9 Å². The molecule has 0 aromatic carbocycles. The van der Waals surface area contributed by atoms with E-state index < -0.39 is 20.0 Å². The molecule has 1 amide bonds. The molecular formula is C58H118N2O6P+. The van der Waals surface area contributed by atoms with Crippen molar-refractivity contribution >= 4 is 13.7 Å². The molecule has 0 aliphatic heterocycles. The van der Waals surface area contributed by atoms with Gasteiger partial charge in [-0.25, -0.2) is 4.57 Å². The molecule has 0 aromatic heterocycles. The zero-order valence-corrected chi connectivity index (χ0v) is 46.6. The third-order valence-electron chi connectivity index (χ3n) is 13.8. The Morgan fingerprint density at radius 3 is 1.15 bits per heavy atom. The fraction of sp³-hybridized carbons (Fsp3) is 0.948. The predicted molar refractivity (Wildman–Crippen MR) is 291 cm³/mol. The number of nitrogens with one attached hydrogen (secondary N) is 1. The number of amides is 1. The van der Waals surface area contributed by atoms with E-state index in [4.69, 9.17) is 9.05 Å². The summed E-state index contributed by atoms with van der Waals surface area (Å²) in [7, 11) is 1.63. The van der Waals surface area contributed by atoms with Gasteiger partial charge in [-0.2, -0.15) is 0 Å². The summed E-state index contributed by atoms with van der Waals surface area (Å²) < 4.78 is 23.8. The van der Waals surface area contributed by atoms with E-state index in [2.05, 4.69) is 31.3 Å². The number of aliphatic hydroxyl groups is 1. The van der Waals surface area contributed by atoms with Crippen LogP contribution in [-0.2, 0) is 18.4 Å². The molecular weight excluding hydrogens is 852 g/mol. The fourth-order valence-electron chi connectivity index (χ4n) is 9.10. The topological polar surface area (TPSA) is 105 Å². The summed E-state index contributed by atoms with van der Waals surface area (Å²) in [4.78, 5) is 23.3. The van der Waals surface area contributed by atoms with Crippen LogP contribution in [0.5, 0.6) is 0 Å². The molecule has 3 unspecified atom stereocenters. The van der Waals surface area contributed by atoms with Crippen molar-refractivity contribution in [2.75, 3.05) is 40.9 Å². The molecule has 0 rings (SSSR count). The minimum atomic E-state index is -4.32. The summed E-state index contributed by atoms with van der Waals surface area (Å²) in [5, 5.41) is 14.1. The number of aliphatic hydroxyl groups excluding tert-OH is 1. The minimum Gasteiger partial charge on any atom is -0.391 e. The number of phosphoric ester groups is 1. The van der Waals surface area contributed by atoms with Crippen molar-refractivity contribution in [2.24, 2.45) is 0 Å². The number of rotatable bonds is 55. The molecule has 67 heavy (non-hydrogen) atoms. The van der Waals surface area contributed by atoms with E-state index in [9.17, 15) is 19.4 Å². The van der Waals surface area contributed by atoms with Crippen molar-refractivity contribution in [3.63, 3.8) is 0 Å². The van der Waals surface area contributed by atoms with Gasteiger partial charge in [0.2, 0.25) is 5.91 Å². The maximum atomic E-state index is 13.0. The van der Waals surface area contributed by atoms with Crippen LogP contribution in [0.3, 0.4) is 0 Å². The monoisotopic (exact) mass is 970 g/mol. The number of hydrogen-bond donors (Lipinski definition) is 3. The highest BCUT2D eigenvalue weighted by molar-refractivity contribution is 7.47. The summed E-state index contributed by atoms with van der Waals surface area (Å²) in [6.45, 7) is 4.94. The first-order valence-corrected chi connectivity index (χ1v) is 31.0. The lowest BCUT2D eigenvalue weighted by molar-refractivity contribution is -0.870. The zero-order valence-electron chi connectivity index (χ0n) is 45.7. The highest BCUT2D eigenvalue weighted by atomic mass is 31.2. The second kappa shape index (κ2) is 50.2. The molecule has 3 N–H and O–H groups in total. The van der Waals surface area contributed by atoms with Crippen LogP contribution in [0.2, 0.25) is 0 Å². The Hall–Kier alpha value is -0.760. The molecule has 0 aliphatic carbocycles. The van der Waals surface area contributed by atoms with E-state index in [-0.39, 0.29) is 19.1 Å². The number of nitrogens with zero attached hydrogens (tertiary/aromatic N) is 1. The number of unbranched alkanes of at least 4 members (excludes halogenated alkanes) is 40. The zero-order chi connectivity index (χ0) is 49.2. The van der Waals surface area contributed by atoms with Crippen LogP contribution < -0.4 is 5.32 Å². The van der Waals surface area contributed by atoms with Crippen LogP contribution in [0, 0.1) is 0 Å². The van der Waals surface area contributed by atoms with Crippen molar-refractivity contribution < 1.29 is 32.9 Å². The Morgan fingerprint density at radius 1 is 0.493 bits per heavy atom. The lowest BCUT2D eigenvalue weighted by atomic mass is 10.0. The van der Waals surface area contributed by atoms with Crippen LogP contribution in [0.1, 0.15) is 303 Å². The Kier molecular flexibility index (Phi) is 49.6. The third-order valence-corrected chi connectivity index (χ3v) is 14.7. The molecule has 0 spiro atoms. The summed E-state index contributed by atoms with van der Waals surface area (Å²) >= 11 is 0. The highest BCUT2D eigenvalue weighted by Gasteiger charge is 2.28. The van der Waals surface area contributed by atoms with Gasteiger partial charge in [0, 0.05) is 6.42 Å². The Bertz CT molecular complexity index is 1100. The van der Waals surface area contributed by atoms with Gasteiger partial charge >= 0.3 is 7.82 Å². The van der Waals surface area contributed by atoms with Gasteiger partial charge in [0.25, 0.3) is 0 Å². The Labute approximate surface area is 418 Å². The molecule has 0 bridgehead atoms. The fourth-order valence-corrected chi connectivity index (χ4v) is 9.84. The summed E-state index contributed by atoms with van der Waals surface area (Å²) in [6, 6.07) is -0.758. The number of likely N-dealkylation sites (N-methyl/N-ethyl adjacent to an activating group) is 1. The average molecular weight is 971 g/mol. The molecule has 0 aromatic rings. The third kappa shape index (κ3) is 52.9. The van der Waals surface area contributed by atoms with Gasteiger partial charge in [-0.3, -0.25) is 13.8 Å². The maximum absolute atomic E-state index is 13.0. The van der Waals surface area contributed by atoms with Gasteiger partial charge in [0.15, 0.2) is 0 Å². The van der Waals surface area contributed by atoms with E-state index in [0.717, 1.165) is 38.5 Å². The number of phosphoric acid groups is 1. The second-order valence-corrected chi connectivity index (χ2v) is 23.2. The molecule has 0 saturated carbocycles. The first-order valence-electron chi connectivity index (χ1n) is 29.6. The van der Waals surface area contributed by atoms with E-state index in [1.54, 1.807) is 0 Å². The molecule has 0 aliphatic rings. The Balaban J connectivity index is 4.08. The molecule has 8 nitrogen and oxygen atoms in total. The van der Waals surface area contributed by atoms with Crippen LogP contribution in [-0.4, -0.2) is 73.4 Å². The second-order valence-electron chi connectivity index (χ2n) is 21.7. The molecule has 0 radical (unpaired) electrons. The van der Waals surface area contributed by atoms with Crippen molar-refractivity contribution in [2.45, 2.75) is 315 Å². The predicted octanol–water partition coefficient (Wildman–Crippen LogP) is 17.8. The van der Waals surface area contributed by atoms with Crippen LogP contribution >= 0.6 is 7.82 Å². The number of quaternary nitrogens is 1. The number of hydrogen-bond acceptors (Lipinski definition) is 5. The number of carbonyl (C=O) groups is 1. The highest BCUT2D eigenvalue weighted by Crippen LogP contribution is 2.43. The van der Waals surface area contributed by atoms with Crippen molar-refractivity contribution in [3.8, 4) is 0 Å². The maximum Gasteiger partial charge on any atom is 0.472 e. The van der Waals surface area contributed by atoms with Gasteiger partial charge in [0.1, 0.15) is 13.2 Å². The van der Waals surface area contributed by atoms with Gasteiger partial charge in [-0.15, -0.1) is 0 Å². The molecule has 0 heterocycles. The normalized spacial score (nSPS) is 14.0. The van der Waals surface area contributed by atoms with Gasteiger partial charge in [-0.1, -0.05) is 270 Å². The van der Waals surface area contributed by atoms with Gasteiger partial charge in [-0.05, 0) is 38.5 Å². The molecule has 0 fully saturated rings. The summed E-state index contributed by atoms with van der Waals surface area (Å²) in [5.41, 5.74) is 0. The van der Waals surface area contributed by atoms with E-state index in [1.165, 1.54) is 238 Å². The molecule has 3 atom stereocenters. The van der Waals surface area contributed by atoms with Crippen LogP contribution in [0.4, 0.5) is 0 Å². The first kappa shape index (κ1) is 66.2. The quantitative estimate of drug-likeness (QED) is 0.0243. The summed E-state index contributed by atoms with van der Waals surface area (Å²) in [5.74, 6) is -0.139. The number of allylic oxidation sites excluding steroid dienone is 2. The minimum absolute atomic E-state index is 0.0773. The SMILES string of the molecule is CCCCCCCCCCCCCC/C=C\CCCCCCCCCCCCCCC(=O)NC(COP(=O)(O)OCC[N+](C)(C)C)C(O)CCCCCCCCCCCCCCCCCCC. The van der Waals surface area contributed by atoms with Crippen molar-refractivity contribution in [1.82, 2.24) is 5.32 Å². The van der Waals surface area contributed by atoms with Crippen LogP contribution in [0.15, 0.2) is 12.2 Å². The smallest absolute Gasteiger partial charge is 0.391 e.